The van der Waals surface area contributed by atoms with Crippen molar-refractivity contribution in [3.63, 3.8) is 0 Å². The monoisotopic (exact) mass is 274 g/mol. The van der Waals surface area contributed by atoms with Gasteiger partial charge in [-0.05, 0) is 24.6 Å². The van der Waals surface area contributed by atoms with Crippen molar-refractivity contribution in [2.45, 2.75) is 31.1 Å². The van der Waals surface area contributed by atoms with Crippen LogP contribution in [-0.2, 0) is 10.0 Å². The first-order valence-corrected chi connectivity index (χ1v) is 7.35. The Morgan fingerprint density at radius 1 is 1.33 bits per heavy atom. The summed E-state index contributed by atoms with van der Waals surface area (Å²) in [6.07, 6.45) is 2.79. The van der Waals surface area contributed by atoms with Crippen molar-refractivity contribution < 1.29 is 12.8 Å². The molecule has 1 aromatic rings. The molecule has 0 aliphatic heterocycles. The molecule has 18 heavy (non-hydrogen) atoms. The average molecular weight is 274 g/mol. The minimum Gasteiger partial charge on any atom is -0.398 e. The van der Waals surface area contributed by atoms with Crippen molar-refractivity contribution in [3.05, 3.63) is 24.0 Å². The quantitative estimate of drug-likeness (QED) is 0.639. The molecule has 102 valence electrons. The Hall–Kier alpha value is -1.14. The van der Waals surface area contributed by atoms with Gasteiger partial charge in [-0.3, -0.25) is 0 Å². The molecule has 0 fully saturated rings. The predicted molar refractivity (Wildman–Crippen MR) is 70.2 cm³/mol. The van der Waals surface area contributed by atoms with E-state index in [4.69, 9.17) is 5.73 Å². The van der Waals surface area contributed by atoms with Gasteiger partial charge < -0.3 is 5.73 Å². The fraction of sp³-hybridized carbons (Fsp3) is 0.500. The van der Waals surface area contributed by atoms with E-state index in [2.05, 4.69) is 0 Å². The summed E-state index contributed by atoms with van der Waals surface area (Å²) < 4.78 is 38.5. The lowest BCUT2D eigenvalue weighted by Gasteiger charge is -2.18. The molecule has 0 bridgehead atoms. The second-order valence-corrected chi connectivity index (χ2v) is 6.23. The molecule has 4 nitrogen and oxygen atoms in total. The van der Waals surface area contributed by atoms with Gasteiger partial charge in [0.1, 0.15) is 10.7 Å². The van der Waals surface area contributed by atoms with E-state index in [1.165, 1.54) is 17.4 Å². The maximum absolute atomic E-state index is 12.9. The molecule has 1 aromatic carbocycles. The molecule has 0 spiro atoms. The van der Waals surface area contributed by atoms with Crippen LogP contribution in [0.25, 0.3) is 0 Å². The molecule has 0 aliphatic carbocycles. The van der Waals surface area contributed by atoms with Crippen LogP contribution in [0.1, 0.15) is 26.2 Å². The summed E-state index contributed by atoms with van der Waals surface area (Å²) in [6, 6.07) is 3.33. The van der Waals surface area contributed by atoms with Crippen LogP contribution >= 0.6 is 0 Å². The summed E-state index contributed by atoms with van der Waals surface area (Å²) in [5.41, 5.74) is 5.50. The lowest BCUT2D eigenvalue weighted by Crippen LogP contribution is -2.28. The molecule has 0 radical (unpaired) electrons. The fourth-order valence-electron chi connectivity index (χ4n) is 1.63. The number of rotatable bonds is 6. The Morgan fingerprint density at radius 2 is 2.00 bits per heavy atom. The second kappa shape index (κ2) is 6.15. The second-order valence-electron chi connectivity index (χ2n) is 4.22. The summed E-state index contributed by atoms with van der Waals surface area (Å²) in [7, 11) is -2.12. The molecule has 0 saturated heterocycles. The van der Waals surface area contributed by atoms with E-state index >= 15 is 0 Å². The largest absolute Gasteiger partial charge is 0.398 e. The number of hydrogen-bond acceptors (Lipinski definition) is 3. The Morgan fingerprint density at radius 3 is 2.56 bits per heavy atom. The summed E-state index contributed by atoms with van der Waals surface area (Å²) in [5, 5.41) is 0. The molecule has 0 heterocycles. The minimum absolute atomic E-state index is 0.0390. The normalized spacial score (nSPS) is 12.0. The number of nitrogens with two attached hydrogens (primary N) is 1. The van der Waals surface area contributed by atoms with Gasteiger partial charge in [-0.2, -0.15) is 0 Å². The van der Waals surface area contributed by atoms with Crippen LogP contribution in [-0.4, -0.2) is 26.3 Å². The van der Waals surface area contributed by atoms with Crippen molar-refractivity contribution in [1.82, 2.24) is 4.31 Å². The van der Waals surface area contributed by atoms with Crippen LogP contribution in [0.3, 0.4) is 0 Å². The zero-order valence-corrected chi connectivity index (χ0v) is 11.5. The number of unbranched alkanes of at least 4 members (excludes halogenated alkanes) is 2. The van der Waals surface area contributed by atoms with E-state index < -0.39 is 15.8 Å². The van der Waals surface area contributed by atoms with Crippen LogP contribution < -0.4 is 5.73 Å². The molecular formula is C12H19FN2O2S. The minimum atomic E-state index is -3.63. The molecule has 2 N–H and O–H groups in total. The van der Waals surface area contributed by atoms with Gasteiger partial charge >= 0.3 is 0 Å². The van der Waals surface area contributed by atoms with E-state index in [-0.39, 0.29) is 10.6 Å². The summed E-state index contributed by atoms with van der Waals surface area (Å²) >= 11 is 0. The van der Waals surface area contributed by atoms with Gasteiger partial charge in [0.25, 0.3) is 0 Å². The highest BCUT2D eigenvalue weighted by Crippen LogP contribution is 2.22. The number of benzene rings is 1. The lowest BCUT2D eigenvalue weighted by molar-refractivity contribution is 0.454. The molecule has 0 aromatic heterocycles. The van der Waals surface area contributed by atoms with Crippen molar-refractivity contribution in [2.75, 3.05) is 19.3 Å². The van der Waals surface area contributed by atoms with Gasteiger partial charge in [-0.15, -0.1) is 0 Å². The van der Waals surface area contributed by atoms with E-state index in [9.17, 15) is 12.8 Å². The maximum Gasteiger partial charge on any atom is 0.244 e. The van der Waals surface area contributed by atoms with Crippen LogP contribution in [0, 0.1) is 5.82 Å². The van der Waals surface area contributed by atoms with Crippen LogP contribution in [0.15, 0.2) is 23.1 Å². The molecule has 0 aliphatic rings. The first kappa shape index (κ1) is 14.9. The van der Waals surface area contributed by atoms with Gasteiger partial charge in [0.2, 0.25) is 10.0 Å². The summed E-state index contributed by atoms with van der Waals surface area (Å²) in [4.78, 5) is -0.0390. The number of nitrogen functional groups attached to an aromatic ring is 1. The molecule has 0 saturated carbocycles. The van der Waals surface area contributed by atoms with Gasteiger partial charge in [0, 0.05) is 13.6 Å². The van der Waals surface area contributed by atoms with E-state index in [0.29, 0.717) is 6.54 Å². The number of hydrogen-bond donors (Lipinski definition) is 1. The average Bonchev–Trinajstić information content (AvgIpc) is 2.28. The number of sulfonamides is 1. The highest BCUT2D eigenvalue weighted by molar-refractivity contribution is 7.89. The maximum atomic E-state index is 12.9. The molecule has 0 amide bonds. The standard InChI is InChI=1S/C12H19FN2O2S/c1-3-4-5-8-15(2)18(16,17)12-7-6-10(13)9-11(12)14/h6-7,9H,3-5,8,14H2,1-2H3. The zero-order chi connectivity index (χ0) is 13.8. The molecule has 1 rings (SSSR count). The summed E-state index contributed by atoms with van der Waals surface area (Å²) in [6.45, 7) is 2.49. The van der Waals surface area contributed by atoms with Crippen LogP contribution in [0.2, 0.25) is 0 Å². The third kappa shape index (κ3) is 3.43. The first-order chi connectivity index (χ1) is 8.39. The zero-order valence-electron chi connectivity index (χ0n) is 10.7. The highest BCUT2D eigenvalue weighted by Gasteiger charge is 2.22. The third-order valence-corrected chi connectivity index (χ3v) is 4.67. The Labute approximate surface area is 108 Å². The van der Waals surface area contributed by atoms with Gasteiger partial charge in [-0.25, -0.2) is 17.1 Å². The fourth-order valence-corrected chi connectivity index (χ4v) is 2.93. The molecule has 0 atom stereocenters. The Bertz CT molecular complexity index is 503. The van der Waals surface area contributed by atoms with Crippen molar-refractivity contribution in [2.24, 2.45) is 0 Å². The molecule has 6 heteroatoms. The number of anilines is 1. The van der Waals surface area contributed by atoms with E-state index in [1.54, 1.807) is 0 Å². The van der Waals surface area contributed by atoms with Crippen molar-refractivity contribution in [1.29, 1.82) is 0 Å². The Kier molecular flexibility index (Phi) is 5.10. The van der Waals surface area contributed by atoms with Crippen molar-refractivity contribution in [3.8, 4) is 0 Å². The topological polar surface area (TPSA) is 63.4 Å². The number of nitrogens with zero attached hydrogens (tertiary/aromatic N) is 1. The number of halogens is 1. The highest BCUT2D eigenvalue weighted by atomic mass is 32.2. The van der Waals surface area contributed by atoms with Crippen LogP contribution in [0.4, 0.5) is 10.1 Å². The van der Waals surface area contributed by atoms with Gasteiger partial charge in [0.15, 0.2) is 0 Å². The molecular weight excluding hydrogens is 255 g/mol. The smallest absolute Gasteiger partial charge is 0.244 e. The summed E-state index contributed by atoms with van der Waals surface area (Å²) in [5.74, 6) is -0.542. The SMILES string of the molecule is CCCCCN(C)S(=O)(=O)c1ccc(F)cc1N. The Balaban J connectivity index is 2.91. The predicted octanol–water partition coefficient (Wildman–Crippen LogP) is 2.22. The van der Waals surface area contributed by atoms with Crippen LogP contribution in [0.5, 0.6) is 0 Å². The third-order valence-electron chi connectivity index (χ3n) is 2.74. The van der Waals surface area contributed by atoms with E-state index in [0.717, 1.165) is 31.4 Å². The first-order valence-electron chi connectivity index (χ1n) is 5.91. The van der Waals surface area contributed by atoms with Crippen molar-refractivity contribution >= 4 is 15.7 Å². The molecule has 0 unspecified atom stereocenters. The lowest BCUT2D eigenvalue weighted by atomic mass is 10.2. The van der Waals surface area contributed by atoms with Gasteiger partial charge in [0.05, 0.1) is 5.69 Å². The van der Waals surface area contributed by atoms with Gasteiger partial charge in [-0.1, -0.05) is 19.8 Å². The van der Waals surface area contributed by atoms with E-state index in [1.807, 2.05) is 6.92 Å².